The number of aromatic nitrogens is 3. The van der Waals surface area contributed by atoms with Gasteiger partial charge in [0.2, 0.25) is 0 Å². The van der Waals surface area contributed by atoms with Crippen molar-refractivity contribution in [3.8, 4) is 17.1 Å². The van der Waals surface area contributed by atoms with Crippen molar-refractivity contribution in [3.05, 3.63) is 78.6 Å². The first-order chi connectivity index (χ1) is 13.7. The van der Waals surface area contributed by atoms with Gasteiger partial charge < -0.3 is 9.64 Å². The van der Waals surface area contributed by atoms with Crippen LogP contribution < -0.4 is 9.64 Å². The summed E-state index contributed by atoms with van der Waals surface area (Å²) >= 11 is 0. The molecule has 0 spiro atoms. The summed E-state index contributed by atoms with van der Waals surface area (Å²) < 4.78 is 5.96. The first-order valence-corrected chi connectivity index (χ1v) is 9.29. The zero-order chi connectivity index (χ0) is 19.3. The molecule has 0 saturated heterocycles. The van der Waals surface area contributed by atoms with Crippen LogP contribution in [0.3, 0.4) is 0 Å². The maximum absolute atomic E-state index is 5.96. The van der Waals surface area contributed by atoms with Crippen LogP contribution >= 0.6 is 0 Å². The van der Waals surface area contributed by atoms with Gasteiger partial charge in [0.25, 0.3) is 0 Å². The lowest BCUT2D eigenvalue weighted by Gasteiger charge is -2.21. The van der Waals surface area contributed by atoms with Gasteiger partial charge >= 0.3 is 0 Å². The molecule has 140 valence electrons. The van der Waals surface area contributed by atoms with Gasteiger partial charge in [0.1, 0.15) is 18.2 Å². The maximum Gasteiger partial charge on any atom is 0.163 e. The Kier molecular flexibility index (Phi) is 5.15. The van der Waals surface area contributed by atoms with E-state index in [0.717, 1.165) is 33.6 Å². The number of aryl methyl sites for hydroxylation is 1. The van der Waals surface area contributed by atoms with E-state index in [9.17, 15) is 0 Å². The van der Waals surface area contributed by atoms with E-state index < -0.39 is 0 Å². The summed E-state index contributed by atoms with van der Waals surface area (Å²) in [6, 6.07) is 20.0. The molecule has 0 atom stereocenters. The van der Waals surface area contributed by atoms with Gasteiger partial charge in [-0.3, -0.25) is 4.98 Å². The largest absolute Gasteiger partial charge is 0.491 e. The molecule has 0 amide bonds. The summed E-state index contributed by atoms with van der Waals surface area (Å²) in [5, 5.41) is 1.02. The van der Waals surface area contributed by atoms with Crippen LogP contribution in [0.15, 0.2) is 73.1 Å². The Morgan fingerprint density at radius 1 is 0.929 bits per heavy atom. The van der Waals surface area contributed by atoms with Crippen molar-refractivity contribution in [3.63, 3.8) is 0 Å². The zero-order valence-electron chi connectivity index (χ0n) is 16.0. The molecule has 0 fully saturated rings. The molecule has 0 radical (unpaired) electrons. The molecule has 0 aliphatic heterocycles. The number of likely N-dealkylation sites (N-methyl/N-ethyl adjacent to an activating group) is 1. The lowest BCUT2D eigenvalue weighted by molar-refractivity contribution is 0.323. The average molecular weight is 370 g/mol. The summed E-state index contributed by atoms with van der Waals surface area (Å²) in [7, 11) is 2.03. The van der Waals surface area contributed by atoms with E-state index in [2.05, 4.69) is 28.9 Å². The van der Waals surface area contributed by atoms with Crippen LogP contribution in [0.4, 0.5) is 5.82 Å². The fourth-order valence-electron chi connectivity index (χ4n) is 3.09. The SMILES string of the molecule is Cc1ccccc1OCCN(C)c1nc(-c2cccnc2)nc2ccccc12. The number of nitrogens with zero attached hydrogens (tertiary/aromatic N) is 4. The lowest BCUT2D eigenvalue weighted by atomic mass is 10.2. The van der Waals surface area contributed by atoms with Gasteiger partial charge in [0, 0.05) is 30.4 Å². The Balaban J connectivity index is 1.60. The number of rotatable bonds is 6. The van der Waals surface area contributed by atoms with Gasteiger partial charge in [-0.05, 0) is 42.8 Å². The van der Waals surface area contributed by atoms with E-state index >= 15 is 0 Å². The zero-order valence-corrected chi connectivity index (χ0v) is 16.0. The molecule has 0 bridgehead atoms. The quantitative estimate of drug-likeness (QED) is 0.500. The Bertz CT molecular complexity index is 1080. The molecule has 2 heterocycles. The Hall–Kier alpha value is -3.47. The van der Waals surface area contributed by atoms with Gasteiger partial charge in [0.05, 0.1) is 12.1 Å². The van der Waals surface area contributed by atoms with Gasteiger partial charge in [-0.1, -0.05) is 30.3 Å². The number of ether oxygens (including phenoxy) is 1. The van der Waals surface area contributed by atoms with Gasteiger partial charge in [-0.2, -0.15) is 0 Å². The second-order valence-electron chi connectivity index (χ2n) is 6.67. The van der Waals surface area contributed by atoms with Crippen molar-refractivity contribution in [1.29, 1.82) is 0 Å². The molecule has 0 aliphatic rings. The summed E-state index contributed by atoms with van der Waals surface area (Å²) in [6.45, 7) is 3.33. The van der Waals surface area contributed by atoms with E-state index in [1.54, 1.807) is 12.4 Å². The van der Waals surface area contributed by atoms with Crippen LogP contribution in [-0.2, 0) is 0 Å². The predicted molar refractivity (Wildman–Crippen MR) is 113 cm³/mol. The second-order valence-corrected chi connectivity index (χ2v) is 6.67. The minimum atomic E-state index is 0.571. The van der Waals surface area contributed by atoms with Crippen molar-refractivity contribution in [2.45, 2.75) is 6.92 Å². The number of anilines is 1. The highest BCUT2D eigenvalue weighted by molar-refractivity contribution is 5.90. The van der Waals surface area contributed by atoms with E-state index in [1.807, 2.05) is 55.6 Å². The van der Waals surface area contributed by atoms with E-state index in [4.69, 9.17) is 14.7 Å². The Morgan fingerprint density at radius 3 is 2.57 bits per heavy atom. The monoisotopic (exact) mass is 370 g/mol. The third-order valence-electron chi connectivity index (χ3n) is 4.64. The topological polar surface area (TPSA) is 51.1 Å². The van der Waals surface area contributed by atoms with Gasteiger partial charge in [0.15, 0.2) is 5.82 Å². The standard InChI is InChI=1S/C23H22N4O/c1-17-8-3-6-12-21(17)28-15-14-27(2)23-19-10-4-5-11-20(19)25-22(26-23)18-9-7-13-24-16-18/h3-13,16H,14-15H2,1-2H3. The highest BCUT2D eigenvalue weighted by Gasteiger charge is 2.13. The van der Waals surface area contributed by atoms with Crippen LogP contribution in [-0.4, -0.2) is 35.2 Å². The third-order valence-corrected chi connectivity index (χ3v) is 4.64. The molecule has 2 aromatic heterocycles. The molecule has 28 heavy (non-hydrogen) atoms. The van der Waals surface area contributed by atoms with E-state index in [0.29, 0.717) is 19.0 Å². The number of para-hydroxylation sites is 2. The number of hydrogen-bond donors (Lipinski definition) is 0. The van der Waals surface area contributed by atoms with E-state index in [1.165, 1.54) is 0 Å². The Labute approximate surface area is 164 Å². The van der Waals surface area contributed by atoms with E-state index in [-0.39, 0.29) is 0 Å². The van der Waals surface area contributed by atoms with Crippen LogP contribution in [0.25, 0.3) is 22.3 Å². The summed E-state index contributed by atoms with van der Waals surface area (Å²) in [5.41, 5.74) is 2.95. The second kappa shape index (κ2) is 8.05. The molecule has 0 N–H and O–H groups in total. The Morgan fingerprint density at radius 2 is 1.75 bits per heavy atom. The van der Waals surface area contributed by atoms with Crippen LogP contribution in [0.1, 0.15) is 5.56 Å². The predicted octanol–water partition coefficient (Wildman–Crippen LogP) is 4.52. The smallest absolute Gasteiger partial charge is 0.163 e. The molecule has 0 unspecified atom stereocenters. The van der Waals surface area contributed by atoms with Crippen molar-refractivity contribution in [1.82, 2.24) is 15.0 Å². The summed E-state index contributed by atoms with van der Waals surface area (Å²) in [6.07, 6.45) is 3.54. The van der Waals surface area contributed by atoms with Crippen molar-refractivity contribution >= 4 is 16.7 Å². The highest BCUT2D eigenvalue weighted by atomic mass is 16.5. The normalized spacial score (nSPS) is 10.8. The molecule has 5 nitrogen and oxygen atoms in total. The molecule has 5 heteroatoms. The summed E-state index contributed by atoms with van der Waals surface area (Å²) in [4.78, 5) is 15.9. The fraction of sp³-hybridized carbons (Fsp3) is 0.174. The number of benzene rings is 2. The molecule has 4 aromatic rings. The van der Waals surface area contributed by atoms with Crippen molar-refractivity contribution in [2.75, 3.05) is 25.1 Å². The highest BCUT2D eigenvalue weighted by Crippen LogP contribution is 2.26. The summed E-state index contributed by atoms with van der Waals surface area (Å²) in [5.74, 6) is 2.48. The fourth-order valence-corrected chi connectivity index (χ4v) is 3.09. The molecule has 4 rings (SSSR count). The number of fused-ring (bicyclic) bond motifs is 1. The van der Waals surface area contributed by atoms with Crippen molar-refractivity contribution < 1.29 is 4.74 Å². The molecule has 2 aromatic carbocycles. The van der Waals surface area contributed by atoms with Crippen LogP contribution in [0.5, 0.6) is 5.75 Å². The third kappa shape index (κ3) is 3.78. The van der Waals surface area contributed by atoms with Crippen molar-refractivity contribution in [2.24, 2.45) is 0 Å². The first kappa shape index (κ1) is 17.9. The number of hydrogen-bond acceptors (Lipinski definition) is 5. The minimum Gasteiger partial charge on any atom is -0.491 e. The molecular formula is C23H22N4O. The number of pyridine rings is 1. The molecule has 0 aliphatic carbocycles. The molecule has 0 saturated carbocycles. The lowest BCUT2D eigenvalue weighted by Crippen LogP contribution is -2.25. The van der Waals surface area contributed by atoms with Gasteiger partial charge in [-0.15, -0.1) is 0 Å². The molecular weight excluding hydrogens is 348 g/mol. The maximum atomic E-state index is 5.96. The average Bonchev–Trinajstić information content (AvgIpc) is 2.75. The van der Waals surface area contributed by atoms with Gasteiger partial charge in [-0.25, -0.2) is 9.97 Å². The van der Waals surface area contributed by atoms with Crippen LogP contribution in [0, 0.1) is 6.92 Å². The first-order valence-electron chi connectivity index (χ1n) is 9.29. The minimum absolute atomic E-state index is 0.571. The van der Waals surface area contributed by atoms with Crippen LogP contribution in [0.2, 0.25) is 0 Å².